The molecule has 1 aromatic carbocycles. The number of anilines is 1. The van der Waals surface area contributed by atoms with Crippen molar-refractivity contribution in [3.63, 3.8) is 0 Å². The van der Waals surface area contributed by atoms with Crippen molar-refractivity contribution in [1.29, 1.82) is 0 Å². The van der Waals surface area contributed by atoms with Crippen LogP contribution in [0.15, 0.2) is 12.1 Å². The minimum Gasteiger partial charge on any atom is -0.372 e. The Morgan fingerprint density at radius 2 is 1.83 bits per heavy atom. The Bertz CT molecular complexity index is 465. The maximum atomic E-state index is 11.8. The Balaban J connectivity index is 2.17. The van der Waals surface area contributed by atoms with Gasteiger partial charge < -0.3 is 10.6 Å². The average Bonchev–Trinajstić information content (AvgIpc) is 2.52. The van der Waals surface area contributed by atoms with E-state index in [-0.39, 0.29) is 11.9 Å². The van der Waals surface area contributed by atoms with Gasteiger partial charge in [-0.1, -0.05) is 34.8 Å². The minimum absolute atomic E-state index is 0.00496. The lowest BCUT2D eigenvalue weighted by Crippen LogP contribution is -2.37. The van der Waals surface area contributed by atoms with Crippen molar-refractivity contribution >= 4 is 46.4 Å². The van der Waals surface area contributed by atoms with E-state index in [2.05, 4.69) is 10.6 Å². The first-order valence-corrected chi connectivity index (χ1v) is 6.90. The van der Waals surface area contributed by atoms with Crippen LogP contribution in [0.4, 0.5) is 5.69 Å². The molecule has 0 bridgehead atoms. The maximum Gasteiger partial charge on any atom is 0.242 e. The summed E-state index contributed by atoms with van der Waals surface area (Å²) in [4.78, 5) is 11.8. The molecule has 6 heteroatoms. The zero-order valence-corrected chi connectivity index (χ0v) is 11.9. The fourth-order valence-corrected chi connectivity index (χ4v) is 2.50. The molecule has 98 valence electrons. The van der Waals surface area contributed by atoms with Gasteiger partial charge in [0, 0.05) is 6.54 Å². The second-order valence-electron chi connectivity index (χ2n) is 4.23. The highest BCUT2D eigenvalue weighted by atomic mass is 35.5. The number of carbonyl (C=O) groups excluding carboxylic acids is 1. The Morgan fingerprint density at radius 1 is 1.11 bits per heavy atom. The molecule has 0 spiro atoms. The van der Waals surface area contributed by atoms with Crippen LogP contribution in [0.5, 0.6) is 0 Å². The zero-order valence-electron chi connectivity index (χ0n) is 9.60. The van der Waals surface area contributed by atoms with Crippen molar-refractivity contribution in [3.05, 3.63) is 27.2 Å². The van der Waals surface area contributed by atoms with E-state index in [9.17, 15) is 4.79 Å². The van der Waals surface area contributed by atoms with Crippen LogP contribution in [-0.4, -0.2) is 18.5 Å². The highest BCUT2D eigenvalue weighted by Gasteiger charge is 2.21. The van der Waals surface area contributed by atoms with E-state index in [1.54, 1.807) is 12.1 Å². The van der Waals surface area contributed by atoms with Gasteiger partial charge in [0.15, 0.2) is 0 Å². The first-order chi connectivity index (χ1) is 8.58. The predicted octanol–water partition coefficient (Wildman–Crippen LogP) is 3.73. The molecule has 1 amide bonds. The number of rotatable bonds is 2. The van der Waals surface area contributed by atoms with Gasteiger partial charge in [-0.15, -0.1) is 0 Å². The van der Waals surface area contributed by atoms with Crippen molar-refractivity contribution in [2.45, 2.75) is 25.3 Å². The molecule has 2 N–H and O–H groups in total. The fourth-order valence-electron chi connectivity index (χ4n) is 1.90. The van der Waals surface area contributed by atoms with Crippen LogP contribution in [0.2, 0.25) is 15.1 Å². The van der Waals surface area contributed by atoms with E-state index < -0.39 is 0 Å². The van der Waals surface area contributed by atoms with Gasteiger partial charge in [0.1, 0.15) is 6.04 Å². The summed E-state index contributed by atoms with van der Waals surface area (Å²) in [5.41, 5.74) is 0.633. The molecule has 3 nitrogen and oxygen atoms in total. The molecular weight excluding hydrogens is 295 g/mol. The van der Waals surface area contributed by atoms with Crippen LogP contribution in [0, 0.1) is 0 Å². The number of benzene rings is 1. The molecular formula is C12H13Cl3N2O. The molecule has 2 rings (SSSR count). The largest absolute Gasteiger partial charge is 0.372 e. The molecule has 0 aromatic heterocycles. The zero-order chi connectivity index (χ0) is 13.1. The Kier molecular flexibility index (Phi) is 4.60. The van der Waals surface area contributed by atoms with E-state index in [0.717, 1.165) is 25.8 Å². The molecule has 1 saturated heterocycles. The minimum atomic E-state index is -0.276. The topological polar surface area (TPSA) is 41.1 Å². The van der Waals surface area contributed by atoms with Gasteiger partial charge >= 0.3 is 0 Å². The van der Waals surface area contributed by atoms with E-state index in [4.69, 9.17) is 34.8 Å². The molecule has 1 atom stereocenters. The van der Waals surface area contributed by atoms with Gasteiger partial charge in [0.2, 0.25) is 5.91 Å². The van der Waals surface area contributed by atoms with Gasteiger partial charge in [-0.3, -0.25) is 4.79 Å². The summed E-state index contributed by atoms with van der Waals surface area (Å²) < 4.78 is 0. The number of hydrogen-bond acceptors (Lipinski definition) is 2. The van der Waals surface area contributed by atoms with Crippen molar-refractivity contribution in [2.24, 2.45) is 0 Å². The summed E-state index contributed by atoms with van der Waals surface area (Å²) in [7, 11) is 0. The third kappa shape index (κ3) is 3.22. The van der Waals surface area contributed by atoms with E-state index in [0.29, 0.717) is 20.8 Å². The van der Waals surface area contributed by atoms with E-state index in [1.807, 2.05) is 0 Å². The van der Waals surface area contributed by atoms with Crippen LogP contribution < -0.4 is 10.6 Å². The Morgan fingerprint density at radius 3 is 2.61 bits per heavy atom. The average molecular weight is 308 g/mol. The predicted molar refractivity (Wildman–Crippen MR) is 75.7 cm³/mol. The van der Waals surface area contributed by atoms with Gasteiger partial charge in [-0.05, 0) is 31.4 Å². The van der Waals surface area contributed by atoms with Crippen LogP contribution in [0.25, 0.3) is 0 Å². The number of halogens is 3. The number of amides is 1. The van der Waals surface area contributed by atoms with Gasteiger partial charge in [-0.25, -0.2) is 0 Å². The molecule has 1 unspecified atom stereocenters. The SMILES string of the molecule is O=C1NCCCCC1Nc1cc(Cl)c(Cl)cc1Cl. The second-order valence-corrected chi connectivity index (χ2v) is 5.45. The van der Waals surface area contributed by atoms with Crippen molar-refractivity contribution in [1.82, 2.24) is 5.32 Å². The first-order valence-electron chi connectivity index (χ1n) is 5.76. The molecule has 1 aliphatic heterocycles. The normalized spacial score (nSPS) is 20.2. The van der Waals surface area contributed by atoms with Gasteiger partial charge in [0.25, 0.3) is 0 Å². The first kappa shape index (κ1) is 13.8. The molecule has 18 heavy (non-hydrogen) atoms. The summed E-state index contributed by atoms with van der Waals surface area (Å²) in [6.07, 6.45) is 2.77. The molecule has 1 heterocycles. The van der Waals surface area contributed by atoms with E-state index in [1.165, 1.54) is 0 Å². The molecule has 1 aromatic rings. The van der Waals surface area contributed by atoms with Crippen molar-refractivity contribution in [3.8, 4) is 0 Å². The number of hydrogen-bond donors (Lipinski definition) is 2. The standard InChI is InChI=1S/C12H13Cl3N2O/c13-7-5-9(15)11(6-8(7)14)17-10-3-1-2-4-16-12(10)18/h5-6,10,17H,1-4H2,(H,16,18). The summed E-state index contributed by atoms with van der Waals surface area (Å²) in [5, 5.41) is 7.25. The van der Waals surface area contributed by atoms with Crippen LogP contribution >= 0.6 is 34.8 Å². The van der Waals surface area contributed by atoms with E-state index >= 15 is 0 Å². The van der Waals surface area contributed by atoms with Gasteiger partial charge in [-0.2, -0.15) is 0 Å². The van der Waals surface area contributed by atoms with Crippen LogP contribution in [0.3, 0.4) is 0 Å². The lowest BCUT2D eigenvalue weighted by Gasteiger charge is -2.18. The molecule has 0 saturated carbocycles. The quantitative estimate of drug-likeness (QED) is 0.818. The molecule has 1 aliphatic rings. The molecule has 0 radical (unpaired) electrons. The lowest BCUT2D eigenvalue weighted by atomic mass is 10.1. The highest BCUT2D eigenvalue weighted by Crippen LogP contribution is 2.33. The third-order valence-electron chi connectivity index (χ3n) is 2.87. The maximum absolute atomic E-state index is 11.8. The molecule has 1 fully saturated rings. The summed E-state index contributed by atoms with van der Waals surface area (Å²) >= 11 is 17.9. The van der Waals surface area contributed by atoms with Crippen LogP contribution in [0.1, 0.15) is 19.3 Å². The van der Waals surface area contributed by atoms with Crippen molar-refractivity contribution in [2.75, 3.05) is 11.9 Å². The van der Waals surface area contributed by atoms with Crippen molar-refractivity contribution < 1.29 is 4.79 Å². The Labute approximate surface area is 121 Å². The fraction of sp³-hybridized carbons (Fsp3) is 0.417. The Hall–Kier alpha value is -0.640. The summed E-state index contributed by atoms with van der Waals surface area (Å²) in [6.45, 7) is 0.728. The third-order valence-corrected chi connectivity index (χ3v) is 3.91. The van der Waals surface area contributed by atoms with Gasteiger partial charge in [0.05, 0.1) is 20.8 Å². The number of carbonyl (C=O) groups is 1. The molecule has 0 aliphatic carbocycles. The monoisotopic (exact) mass is 306 g/mol. The number of nitrogens with one attached hydrogen (secondary N) is 2. The summed E-state index contributed by atoms with van der Waals surface area (Å²) in [5.74, 6) is -0.00496. The highest BCUT2D eigenvalue weighted by molar-refractivity contribution is 6.44. The lowest BCUT2D eigenvalue weighted by molar-refractivity contribution is -0.121. The van der Waals surface area contributed by atoms with Crippen LogP contribution in [-0.2, 0) is 4.79 Å². The smallest absolute Gasteiger partial charge is 0.242 e. The second kappa shape index (κ2) is 6.00. The summed E-state index contributed by atoms with van der Waals surface area (Å²) in [6, 6.07) is 2.94.